The normalized spacial score (nSPS) is 10.5. The Morgan fingerprint density at radius 3 is 2.93 bits per heavy atom. The lowest BCUT2D eigenvalue weighted by Gasteiger charge is -2.07. The molecular weight excluding hydrogens is 193 g/mol. The molecule has 4 heteroatoms. The van der Waals surface area contributed by atoms with Crippen LogP contribution in [0.2, 0.25) is 0 Å². The number of benzene rings is 1. The van der Waals surface area contributed by atoms with Crippen molar-refractivity contribution >= 4 is 5.69 Å². The van der Waals surface area contributed by atoms with Crippen molar-refractivity contribution in [2.75, 3.05) is 5.73 Å². The molecule has 0 aliphatic carbocycles. The van der Waals surface area contributed by atoms with E-state index in [0.29, 0.717) is 11.3 Å². The van der Waals surface area contributed by atoms with Gasteiger partial charge in [0.05, 0.1) is 5.69 Å². The lowest BCUT2D eigenvalue weighted by atomic mass is 10.1. The van der Waals surface area contributed by atoms with E-state index in [1.54, 1.807) is 16.9 Å². The Balaban J connectivity index is 2.58. The Morgan fingerprint density at radius 2 is 2.20 bits per heavy atom. The minimum absolute atomic E-state index is 0.289. The lowest BCUT2D eigenvalue weighted by molar-refractivity contribution is 0.627. The maximum atomic E-state index is 13.1. The van der Waals surface area contributed by atoms with Crippen molar-refractivity contribution in [1.82, 2.24) is 9.78 Å². The Morgan fingerprint density at radius 1 is 1.40 bits per heavy atom. The zero-order chi connectivity index (χ0) is 10.8. The van der Waals surface area contributed by atoms with Crippen LogP contribution < -0.4 is 5.73 Å². The number of aryl methyl sites for hydroxylation is 1. The molecule has 3 nitrogen and oxygen atoms in total. The molecule has 0 spiro atoms. The summed E-state index contributed by atoms with van der Waals surface area (Å²) in [7, 11) is 0. The number of anilines is 1. The second kappa shape index (κ2) is 3.73. The van der Waals surface area contributed by atoms with Crippen LogP contribution in [-0.4, -0.2) is 9.78 Å². The summed E-state index contributed by atoms with van der Waals surface area (Å²) < 4.78 is 14.9. The molecule has 1 heterocycles. The number of nitrogens with two attached hydrogens (primary N) is 1. The highest BCUT2D eigenvalue weighted by molar-refractivity contribution is 5.73. The van der Waals surface area contributed by atoms with Crippen molar-refractivity contribution in [2.45, 2.75) is 13.5 Å². The molecule has 0 aliphatic heterocycles. The van der Waals surface area contributed by atoms with Crippen LogP contribution in [0, 0.1) is 5.82 Å². The number of nitrogens with zero attached hydrogens (tertiary/aromatic N) is 2. The summed E-state index contributed by atoms with van der Waals surface area (Å²) in [5, 5.41) is 4.12. The van der Waals surface area contributed by atoms with Gasteiger partial charge in [0.1, 0.15) is 5.82 Å². The minimum atomic E-state index is -0.289. The van der Waals surface area contributed by atoms with Gasteiger partial charge < -0.3 is 5.73 Å². The summed E-state index contributed by atoms with van der Waals surface area (Å²) in [6.07, 6.45) is 1.68. The predicted molar refractivity (Wildman–Crippen MR) is 57.7 cm³/mol. The fourth-order valence-electron chi connectivity index (χ4n) is 1.56. The van der Waals surface area contributed by atoms with Crippen molar-refractivity contribution < 1.29 is 4.39 Å². The Kier molecular flexibility index (Phi) is 2.41. The first-order valence-corrected chi connectivity index (χ1v) is 4.79. The van der Waals surface area contributed by atoms with Crippen LogP contribution in [0.15, 0.2) is 30.5 Å². The molecule has 78 valence electrons. The third-order valence-corrected chi connectivity index (χ3v) is 2.31. The van der Waals surface area contributed by atoms with Gasteiger partial charge >= 0.3 is 0 Å². The van der Waals surface area contributed by atoms with Gasteiger partial charge in [0.25, 0.3) is 0 Å². The van der Waals surface area contributed by atoms with Crippen molar-refractivity contribution in [3.8, 4) is 11.3 Å². The third-order valence-electron chi connectivity index (χ3n) is 2.31. The molecule has 1 aromatic heterocycles. The summed E-state index contributed by atoms with van der Waals surface area (Å²) in [6.45, 7) is 2.71. The molecule has 15 heavy (non-hydrogen) atoms. The SMILES string of the molecule is CCn1nccc1-c1cc(F)ccc1N. The Labute approximate surface area is 87.3 Å². The van der Waals surface area contributed by atoms with Crippen LogP contribution in [0.4, 0.5) is 10.1 Å². The van der Waals surface area contributed by atoms with Crippen LogP contribution >= 0.6 is 0 Å². The highest BCUT2D eigenvalue weighted by Gasteiger charge is 2.08. The highest BCUT2D eigenvalue weighted by Crippen LogP contribution is 2.26. The average molecular weight is 205 g/mol. The first kappa shape index (κ1) is 9.71. The van der Waals surface area contributed by atoms with E-state index in [1.165, 1.54) is 12.1 Å². The molecule has 0 aliphatic rings. The van der Waals surface area contributed by atoms with Crippen molar-refractivity contribution in [3.05, 3.63) is 36.3 Å². The summed E-state index contributed by atoms with van der Waals surface area (Å²) in [5.74, 6) is -0.289. The quantitative estimate of drug-likeness (QED) is 0.764. The zero-order valence-electron chi connectivity index (χ0n) is 8.44. The predicted octanol–water partition coefficient (Wildman–Crippen LogP) is 2.29. The van der Waals surface area contributed by atoms with E-state index in [1.807, 2.05) is 13.0 Å². The van der Waals surface area contributed by atoms with E-state index in [-0.39, 0.29) is 5.82 Å². The van der Waals surface area contributed by atoms with Crippen molar-refractivity contribution in [3.63, 3.8) is 0 Å². The van der Waals surface area contributed by atoms with Gasteiger partial charge in [-0.1, -0.05) is 0 Å². The molecule has 2 rings (SSSR count). The number of rotatable bonds is 2. The topological polar surface area (TPSA) is 43.8 Å². The van der Waals surface area contributed by atoms with Gasteiger partial charge in [-0.2, -0.15) is 5.10 Å². The average Bonchev–Trinajstić information content (AvgIpc) is 2.69. The molecule has 2 aromatic rings. The van der Waals surface area contributed by atoms with E-state index in [2.05, 4.69) is 5.10 Å². The first-order chi connectivity index (χ1) is 7.22. The molecule has 0 bridgehead atoms. The van der Waals surface area contributed by atoms with Gasteiger partial charge in [0, 0.05) is 24.0 Å². The van der Waals surface area contributed by atoms with Gasteiger partial charge in [-0.05, 0) is 31.2 Å². The molecule has 0 unspecified atom stereocenters. The van der Waals surface area contributed by atoms with Gasteiger partial charge in [-0.25, -0.2) is 4.39 Å². The fraction of sp³-hybridized carbons (Fsp3) is 0.182. The molecule has 2 N–H and O–H groups in total. The van der Waals surface area contributed by atoms with E-state index in [4.69, 9.17) is 5.73 Å². The second-order valence-electron chi connectivity index (χ2n) is 3.26. The summed E-state index contributed by atoms with van der Waals surface area (Å²) in [6, 6.07) is 6.18. The minimum Gasteiger partial charge on any atom is -0.398 e. The van der Waals surface area contributed by atoms with Gasteiger partial charge in [-0.3, -0.25) is 4.68 Å². The summed E-state index contributed by atoms with van der Waals surface area (Å²) in [5.41, 5.74) is 7.89. The van der Waals surface area contributed by atoms with Crippen LogP contribution in [0.3, 0.4) is 0 Å². The van der Waals surface area contributed by atoms with Gasteiger partial charge in [0.2, 0.25) is 0 Å². The van der Waals surface area contributed by atoms with Gasteiger partial charge in [-0.15, -0.1) is 0 Å². The highest BCUT2D eigenvalue weighted by atomic mass is 19.1. The lowest BCUT2D eigenvalue weighted by Crippen LogP contribution is -2.01. The molecule has 0 fully saturated rings. The monoisotopic (exact) mass is 205 g/mol. The Bertz CT molecular complexity index is 476. The van der Waals surface area contributed by atoms with Crippen molar-refractivity contribution in [1.29, 1.82) is 0 Å². The van der Waals surface area contributed by atoms with Crippen LogP contribution in [0.1, 0.15) is 6.92 Å². The molecule has 1 aromatic carbocycles. The van der Waals surface area contributed by atoms with Crippen LogP contribution in [0.5, 0.6) is 0 Å². The van der Waals surface area contributed by atoms with Crippen molar-refractivity contribution in [2.24, 2.45) is 0 Å². The standard InChI is InChI=1S/C11H12FN3/c1-2-15-11(5-6-14-15)9-7-8(12)3-4-10(9)13/h3-7H,2,13H2,1H3. The number of hydrogen-bond donors (Lipinski definition) is 1. The molecule has 0 amide bonds. The van der Waals surface area contributed by atoms with E-state index < -0.39 is 0 Å². The van der Waals surface area contributed by atoms with E-state index in [0.717, 1.165) is 12.2 Å². The number of hydrogen-bond acceptors (Lipinski definition) is 2. The molecular formula is C11H12FN3. The van der Waals surface area contributed by atoms with Crippen LogP contribution in [-0.2, 0) is 6.54 Å². The van der Waals surface area contributed by atoms with E-state index >= 15 is 0 Å². The number of halogens is 1. The third kappa shape index (κ3) is 1.70. The first-order valence-electron chi connectivity index (χ1n) is 4.79. The number of aromatic nitrogens is 2. The molecule has 0 radical (unpaired) electrons. The maximum Gasteiger partial charge on any atom is 0.124 e. The zero-order valence-corrected chi connectivity index (χ0v) is 8.44. The molecule has 0 saturated carbocycles. The summed E-state index contributed by atoms with van der Waals surface area (Å²) in [4.78, 5) is 0. The smallest absolute Gasteiger partial charge is 0.124 e. The maximum absolute atomic E-state index is 13.1. The van der Waals surface area contributed by atoms with Gasteiger partial charge in [0.15, 0.2) is 0 Å². The summed E-state index contributed by atoms with van der Waals surface area (Å²) >= 11 is 0. The fourth-order valence-corrected chi connectivity index (χ4v) is 1.56. The number of nitrogen functional groups attached to an aromatic ring is 1. The van der Waals surface area contributed by atoms with E-state index in [9.17, 15) is 4.39 Å². The Hall–Kier alpha value is -1.84. The largest absolute Gasteiger partial charge is 0.398 e. The molecule has 0 saturated heterocycles. The second-order valence-corrected chi connectivity index (χ2v) is 3.26. The molecule has 0 atom stereocenters. The van der Waals surface area contributed by atoms with Crippen LogP contribution in [0.25, 0.3) is 11.3 Å².